The Bertz CT molecular complexity index is 377. The second-order valence-corrected chi connectivity index (χ2v) is 4.53. The molecule has 0 aliphatic heterocycles. The topological polar surface area (TPSA) is 38.3 Å². The van der Waals surface area contributed by atoms with Crippen molar-refractivity contribution in [3.05, 3.63) is 29.8 Å². The van der Waals surface area contributed by atoms with Crippen LogP contribution in [0.2, 0.25) is 0 Å². The average molecular weight is 249 g/mol. The summed E-state index contributed by atoms with van der Waals surface area (Å²) in [5, 5.41) is 3.28. The van der Waals surface area contributed by atoms with Crippen LogP contribution in [0.5, 0.6) is 0 Å². The van der Waals surface area contributed by atoms with Gasteiger partial charge < -0.3 is 10.1 Å². The molecule has 18 heavy (non-hydrogen) atoms. The van der Waals surface area contributed by atoms with Crippen molar-refractivity contribution < 1.29 is 9.53 Å². The Balaban J connectivity index is 2.66. The zero-order valence-electron chi connectivity index (χ0n) is 11.5. The maximum atomic E-state index is 11.7. The van der Waals surface area contributed by atoms with Crippen LogP contribution in [0.15, 0.2) is 24.3 Å². The van der Waals surface area contributed by atoms with E-state index in [9.17, 15) is 4.79 Å². The highest BCUT2D eigenvalue weighted by atomic mass is 16.5. The summed E-state index contributed by atoms with van der Waals surface area (Å²) in [5.41, 5.74) is 2.14. The predicted octanol–water partition coefficient (Wildman–Crippen LogP) is 3.53. The summed E-state index contributed by atoms with van der Waals surface area (Å²) in [6.45, 7) is 4.19. The van der Waals surface area contributed by atoms with E-state index in [4.69, 9.17) is 4.74 Å². The highest BCUT2D eigenvalue weighted by molar-refractivity contribution is 5.79. The van der Waals surface area contributed by atoms with Crippen LogP contribution in [-0.2, 0) is 9.53 Å². The lowest BCUT2D eigenvalue weighted by atomic mass is 10.1. The number of rotatable bonds is 7. The lowest BCUT2D eigenvalue weighted by Gasteiger charge is -2.18. The first-order chi connectivity index (χ1) is 8.69. The Labute approximate surface area is 110 Å². The van der Waals surface area contributed by atoms with Gasteiger partial charge in [-0.3, -0.25) is 0 Å². The van der Waals surface area contributed by atoms with Gasteiger partial charge in [-0.15, -0.1) is 0 Å². The molecule has 0 aromatic heterocycles. The van der Waals surface area contributed by atoms with Gasteiger partial charge in [-0.2, -0.15) is 0 Å². The third-order valence-corrected chi connectivity index (χ3v) is 3.06. The normalized spacial score (nSPS) is 11.9. The molecule has 3 heteroatoms. The molecular weight excluding hydrogens is 226 g/mol. The summed E-state index contributed by atoms with van der Waals surface area (Å²) >= 11 is 0. The van der Waals surface area contributed by atoms with Crippen molar-refractivity contribution in [2.75, 3.05) is 12.4 Å². The molecule has 0 saturated heterocycles. The highest BCUT2D eigenvalue weighted by Crippen LogP contribution is 2.17. The molecule has 1 N–H and O–H groups in total. The number of carbonyl (C=O) groups is 1. The molecule has 3 nitrogen and oxygen atoms in total. The lowest BCUT2D eigenvalue weighted by molar-refractivity contribution is -0.141. The zero-order valence-corrected chi connectivity index (χ0v) is 11.5. The van der Waals surface area contributed by atoms with E-state index in [1.54, 1.807) is 0 Å². The molecule has 0 amide bonds. The van der Waals surface area contributed by atoms with E-state index in [-0.39, 0.29) is 12.0 Å². The standard InChI is InChI=1S/C15H23NO2/c1-4-5-6-11-14(15(17)18-3)16-13-10-8-7-9-12(13)2/h7-10,14,16H,4-6,11H2,1-3H3. The molecule has 1 unspecified atom stereocenters. The summed E-state index contributed by atoms with van der Waals surface area (Å²) < 4.78 is 4.85. The molecule has 0 bridgehead atoms. The second-order valence-electron chi connectivity index (χ2n) is 4.53. The maximum absolute atomic E-state index is 11.7. The molecule has 1 rings (SSSR count). The summed E-state index contributed by atoms with van der Waals surface area (Å²) in [6, 6.07) is 7.73. The zero-order chi connectivity index (χ0) is 13.4. The Morgan fingerprint density at radius 3 is 2.67 bits per heavy atom. The minimum Gasteiger partial charge on any atom is -0.467 e. The molecule has 1 aromatic rings. The molecule has 0 heterocycles. The lowest BCUT2D eigenvalue weighted by Crippen LogP contribution is -2.30. The smallest absolute Gasteiger partial charge is 0.328 e. The van der Waals surface area contributed by atoms with E-state index >= 15 is 0 Å². The summed E-state index contributed by atoms with van der Waals surface area (Å²) in [6.07, 6.45) is 4.14. The predicted molar refractivity (Wildman–Crippen MR) is 74.7 cm³/mol. The van der Waals surface area contributed by atoms with Crippen LogP contribution in [0.3, 0.4) is 0 Å². The van der Waals surface area contributed by atoms with Crippen molar-refractivity contribution >= 4 is 11.7 Å². The fraction of sp³-hybridized carbons (Fsp3) is 0.533. The third kappa shape index (κ3) is 4.40. The van der Waals surface area contributed by atoms with Gasteiger partial charge in [-0.1, -0.05) is 44.4 Å². The number of anilines is 1. The molecular formula is C15H23NO2. The Hall–Kier alpha value is -1.51. The Kier molecular flexibility index (Phi) is 6.26. The molecule has 100 valence electrons. The molecule has 0 saturated carbocycles. The monoisotopic (exact) mass is 249 g/mol. The number of benzene rings is 1. The van der Waals surface area contributed by atoms with Gasteiger partial charge in [0.05, 0.1) is 7.11 Å². The van der Waals surface area contributed by atoms with E-state index in [0.29, 0.717) is 0 Å². The van der Waals surface area contributed by atoms with Crippen molar-refractivity contribution in [2.24, 2.45) is 0 Å². The molecule has 1 atom stereocenters. The first kappa shape index (κ1) is 14.6. The van der Waals surface area contributed by atoms with Crippen LogP contribution in [-0.4, -0.2) is 19.1 Å². The number of unbranched alkanes of at least 4 members (excludes halogenated alkanes) is 2. The average Bonchev–Trinajstić information content (AvgIpc) is 2.39. The number of para-hydroxylation sites is 1. The molecule has 0 aliphatic carbocycles. The minimum absolute atomic E-state index is 0.186. The minimum atomic E-state index is -0.248. The summed E-state index contributed by atoms with van der Waals surface area (Å²) in [5.74, 6) is -0.186. The molecule has 1 aromatic carbocycles. The number of carbonyl (C=O) groups excluding carboxylic acids is 1. The molecule has 0 radical (unpaired) electrons. The van der Waals surface area contributed by atoms with E-state index in [0.717, 1.165) is 36.9 Å². The third-order valence-electron chi connectivity index (χ3n) is 3.06. The second kappa shape index (κ2) is 7.75. The van der Waals surface area contributed by atoms with Crippen LogP contribution in [0.25, 0.3) is 0 Å². The van der Waals surface area contributed by atoms with Crippen molar-refractivity contribution in [1.29, 1.82) is 0 Å². The van der Waals surface area contributed by atoms with Gasteiger partial charge in [0.1, 0.15) is 6.04 Å². The fourth-order valence-electron chi connectivity index (χ4n) is 1.91. The quantitative estimate of drug-likeness (QED) is 0.593. The van der Waals surface area contributed by atoms with Crippen molar-refractivity contribution in [1.82, 2.24) is 0 Å². The number of nitrogens with one attached hydrogen (secondary N) is 1. The van der Waals surface area contributed by atoms with Gasteiger partial charge in [0.15, 0.2) is 0 Å². The number of methoxy groups -OCH3 is 1. The first-order valence-corrected chi connectivity index (χ1v) is 6.59. The van der Waals surface area contributed by atoms with Gasteiger partial charge in [-0.25, -0.2) is 4.79 Å². The number of ether oxygens (including phenoxy) is 1. The van der Waals surface area contributed by atoms with E-state index in [2.05, 4.69) is 12.2 Å². The largest absolute Gasteiger partial charge is 0.467 e. The first-order valence-electron chi connectivity index (χ1n) is 6.59. The Morgan fingerprint density at radius 2 is 2.06 bits per heavy atom. The number of aryl methyl sites for hydroxylation is 1. The van der Waals surface area contributed by atoms with E-state index in [1.165, 1.54) is 7.11 Å². The van der Waals surface area contributed by atoms with Gasteiger partial charge in [0.25, 0.3) is 0 Å². The summed E-state index contributed by atoms with van der Waals surface area (Å²) in [7, 11) is 1.44. The fourth-order valence-corrected chi connectivity index (χ4v) is 1.91. The van der Waals surface area contributed by atoms with Crippen molar-refractivity contribution in [3.63, 3.8) is 0 Å². The number of hydrogen-bond acceptors (Lipinski definition) is 3. The van der Waals surface area contributed by atoms with Crippen molar-refractivity contribution in [3.8, 4) is 0 Å². The van der Waals surface area contributed by atoms with Crippen LogP contribution in [0.4, 0.5) is 5.69 Å². The SMILES string of the molecule is CCCCCC(Nc1ccccc1C)C(=O)OC. The van der Waals surface area contributed by atoms with E-state index < -0.39 is 0 Å². The molecule has 0 spiro atoms. The molecule has 0 fully saturated rings. The van der Waals surface area contributed by atoms with Gasteiger partial charge in [-0.05, 0) is 25.0 Å². The van der Waals surface area contributed by atoms with Gasteiger partial charge in [0.2, 0.25) is 0 Å². The highest BCUT2D eigenvalue weighted by Gasteiger charge is 2.18. The van der Waals surface area contributed by atoms with Crippen LogP contribution >= 0.6 is 0 Å². The van der Waals surface area contributed by atoms with Crippen LogP contribution < -0.4 is 5.32 Å². The van der Waals surface area contributed by atoms with Crippen LogP contribution in [0.1, 0.15) is 38.2 Å². The van der Waals surface area contributed by atoms with Gasteiger partial charge in [0, 0.05) is 5.69 Å². The maximum Gasteiger partial charge on any atom is 0.328 e. The van der Waals surface area contributed by atoms with Crippen molar-refractivity contribution in [2.45, 2.75) is 45.6 Å². The Morgan fingerprint density at radius 1 is 1.33 bits per heavy atom. The number of hydrogen-bond donors (Lipinski definition) is 1. The summed E-state index contributed by atoms with van der Waals surface area (Å²) in [4.78, 5) is 11.7. The van der Waals surface area contributed by atoms with E-state index in [1.807, 2.05) is 31.2 Å². The molecule has 0 aliphatic rings. The van der Waals surface area contributed by atoms with Gasteiger partial charge >= 0.3 is 5.97 Å². The number of esters is 1. The van der Waals surface area contributed by atoms with Crippen LogP contribution in [0, 0.1) is 6.92 Å².